The molecule has 3 rings (SSSR count). The zero-order valence-corrected chi connectivity index (χ0v) is 25.5. The van der Waals surface area contributed by atoms with Gasteiger partial charge in [0.25, 0.3) is 0 Å². The lowest BCUT2D eigenvalue weighted by Gasteiger charge is -2.42. The van der Waals surface area contributed by atoms with Crippen LogP contribution < -0.4 is 11.1 Å². The maximum Gasteiger partial charge on any atom is 0.249 e. The van der Waals surface area contributed by atoms with Crippen molar-refractivity contribution < 1.29 is 14.7 Å². The molecule has 0 bridgehead atoms. The van der Waals surface area contributed by atoms with Crippen molar-refractivity contribution >= 4 is 11.8 Å². The Balaban J connectivity index is 1.97. The summed E-state index contributed by atoms with van der Waals surface area (Å²) in [7, 11) is 0. The number of hydrogen-bond acceptors (Lipinski definition) is 4. The third-order valence-corrected chi connectivity index (χ3v) is 8.13. The van der Waals surface area contributed by atoms with Crippen molar-refractivity contribution in [3.05, 3.63) is 94.6 Å². The lowest BCUT2D eigenvalue weighted by molar-refractivity contribution is -0.132. The van der Waals surface area contributed by atoms with Gasteiger partial charge in [0.15, 0.2) is 0 Å². The fourth-order valence-corrected chi connectivity index (χ4v) is 5.97. The zero-order chi connectivity index (χ0) is 30.0. The van der Waals surface area contributed by atoms with E-state index in [0.29, 0.717) is 37.5 Å². The third-order valence-electron chi connectivity index (χ3n) is 8.13. The number of nitrogens with zero attached hydrogens (tertiary/aromatic N) is 1. The van der Waals surface area contributed by atoms with Crippen LogP contribution in [0.15, 0.2) is 77.9 Å². The largest absolute Gasteiger partial charge is 0.391 e. The summed E-state index contributed by atoms with van der Waals surface area (Å²) in [6.45, 7) is 12.5. The van der Waals surface area contributed by atoms with Gasteiger partial charge in [-0.25, -0.2) is 0 Å². The summed E-state index contributed by atoms with van der Waals surface area (Å²) in [5.74, 6) is -0.700. The first kappa shape index (κ1) is 32.3. The first-order chi connectivity index (χ1) is 19.6. The van der Waals surface area contributed by atoms with Gasteiger partial charge in [-0.2, -0.15) is 0 Å². The number of allylic oxidation sites excluding steroid dienone is 2. The maximum absolute atomic E-state index is 13.7. The summed E-state index contributed by atoms with van der Waals surface area (Å²) in [6, 6.07) is 18.4. The number of nitrogens with two attached hydrogens (primary N) is 1. The molecule has 6 nitrogen and oxygen atoms in total. The molecule has 2 aromatic rings. The summed E-state index contributed by atoms with van der Waals surface area (Å²) in [5, 5.41) is 15.1. The molecule has 0 heterocycles. The Morgan fingerprint density at radius 1 is 1.00 bits per heavy atom. The minimum atomic E-state index is -1.21. The number of rotatable bonds is 15. The van der Waals surface area contributed by atoms with Crippen molar-refractivity contribution in [1.29, 1.82) is 0 Å². The number of amides is 2. The summed E-state index contributed by atoms with van der Waals surface area (Å²) in [6.07, 6.45) is 5.24. The van der Waals surface area contributed by atoms with E-state index in [4.69, 9.17) is 5.73 Å². The van der Waals surface area contributed by atoms with E-state index in [-0.39, 0.29) is 18.9 Å². The molecule has 0 saturated carbocycles. The van der Waals surface area contributed by atoms with Crippen LogP contribution in [0, 0.1) is 11.3 Å². The van der Waals surface area contributed by atoms with Crippen LogP contribution in [0.25, 0.3) is 0 Å². The molecule has 0 fully saturated rings. The second-order valence-electron chi connectivity index (χ2n) is 11.8. The Kier molecular flexibility index (Phi) is 11.9. The zero-order valence-electron chi connectivity index (χ0n) is 25.5. The molecule has 0 aromatic heterocycles. The predicted molar refractivity (Wildman–Crippen MR) is 167 cm³/mol. The Morgan fingerprint density at radius 3 is 2.20 bits per heavy atom. The van der Waals surface area contributed by atoms with Gasteiger partial charge in [0.2, 0.25) is 11.8 Å². The number of aliphatic hydroxyl groups is 1. The van der Waals surface area contributed by atoms with E-state index in [0.717, 1.165) is 29.5 Å². The molecule has 4 N–H and O–H groups in total. The second-order valence-corrected chi connectivity index (χ2v) is 11.8. The van der Waals surface area contributed by atoms with Gasteiger partial charge in [0, 0.05) is 37.7 Å². The summed E-state index contributed by atoms with van der Waals surface area (Å²) >= 11 is 0. The Hall–Kier alpha value is -3.22. The van der Waals surface area contributed by atoms with Crippen LogP contribution in [0.5, 0.6) is 0 Å². The number of carbonyl (C=O) groups excluding carboxylic acids is 2. The first-order valence-corrected chi connectivity index (χ1v) is 15.1. The Morgan fingerprint density at radius 2 is 1.63 bits per heavy atom. The second kappa shape index (κ2) is 15.1. The molecule has 1 aliphatic rings. The molecular formula is C35H49N3O3. The molecule has 3 atom stereocenters. The fraction of sp³-hybridized carbons (Fsp3) is 0.486. The molecule has 2 aromatic carbocycles. The molecule has 0 saturated heterocycles. The average Bonchev–Trinajstić information content (AvgIpc) is 2.95. The van der Waals surface area contributed by atoms with Crippen LogP contribution in [0.1, 0.15) is 76.5 Å². The average molecular weight is 560 g/mol. The number of nitrogens with one attached hydrogen (secondary N) is 1. The lowest BCUT2D eigenvalue weighted by Crippen LogP contribution is -2.51. The molecule has 222 valence electrons. The van der Waals surface area contributed by atoms with Crippen LogP contribution in [-0.2, 0) is 22.6 Å². The summed E-state index contributed by atoms with van der Waals surface area (Å²) in [5.41, 5.74) is 9.78. The summed E-state index contributed by atoms with van der Waals surface area (Å²) < 4.78 is 0. The van der Waals surface area contributed by atoms with Gasteiger partial charge >= 0.3 is 0 Å². The molecule has 1 aliphatic carbocycles. The smallest absolute Gasteiger partial charge is 0.249 e. The van der Waals surface area contributed by atoms with E-state index >= 15 is 0 Å². The topological polar surface area (TPSA) is 95.7 Å². The highest BCUT2D eigenvalue weighted by Gasteiger charge is 2.48. The first-order valence-electron chi connectivity index (χ1n) is 15.1. The van der Waals surface area contributed by atoms with Crippen LogP contribution >= 0.6 is 0 Å². The highest BCUT2D eigenvalue weighted by Crippen LogP contribution is 2.44. The molecule has 41 heavy (non-hydrogen) atoms. The van der Waals surface area contributed by atoms with E-state index in [1.165, 1.54) is 5.56 Å². The van der Waals surface area contributed by atoms with Gasteiger partial charge in [0.05, 0.1) is 11.5 Å². The number of hydrogen-bond donors (Lipinski definition) is 3. The summed E-state index contributed by atoms with van der Waals surface area (Å²) in [4.78, 5) is 29.1. The minimum absolute atomic E-state index is 0.0523. The highest BCUT2D eigenvalue weighted by molar-refractivity contribution is 5.96. The molecule has 0 radical (unpaired) electrons. The van der Waals surface area contributed by atoms with Crippen LogP contribution in [0.2, 0.25) is 0 Å². The molecule has 2 amide bonds. The highest BCUT2D eigenvalue weighted by atomic mass is 16.3. The van der Waals surface area contributed by atoms with E-state index in [9.17, 15) is 14.7 Å². The number of aliphatic hydroxyl groups excluding tert-OH is 1. The fourth-order valence-electron chi connectivity index (χ4n) is 5.97. The van der Waals surface area contributed by atoms with Crippen LogP contribution in [0.4, 0.5) is 0 Å². The van der Waals surface area contributed by atoms with Crippen molar-refractivity contribution in [2.75, 3.05) is 19.6 Å². The number of benzene rings is 2. The molecular weight excluding hydrogens is 510 g/mol. The Labute approximate surface area is 246 Å². The van der Waals surface area contributed by atoms with Crippen LogP contribution in [-0.4, -0.2) is 47.6 Å². The van der Waals surface area contributed by atoms with Crippen molar-refractivity contribution in [2.24, 2.45) is 17.1 Å². The van der Waals surface area contributed by atoms with E-state index in [1.54, 1.807) is 0 Å². The van der Waals surface area contributed by atoms with Crippen molar-refractivity contribution in [3.63, 3.8) is 0 Å². The van der Waals surface area contributed by atoms with Crippen molar-refractivity contribution in [1.82, 2.24) is 10.2 Å². The predicted octanol–water partition coefficient (Wildman–Crippen LogP) is 5.52. The third kappa shape index (κ3) is 8.40. The van der Waals surface area contributed by atoms with Crippen molar-refractivity contribution in [3.8, 4) is 0 Å². The van der Waals surface area contributed by atoms with Gasteiger partial charge in [0.1, 0.15) is 0 Å². The van der Waals surface area contributed by atoms with E-state index in [1.807, 2.05) is 54.3 Å². The number of carbonyl (C=O) groups is 2. The quantitative estimate of drug-likeness (QED) is 0.268. The van der Waals surface area contributed by atoms with Gasteiger partial charge in [-0.3, -0.25) is 9.59 Å². The Bertz CT molecular complexity index is 1200. The number of primary amides is 1. The van der Waals surface area contributed by atoms with Gasteiger partial charge < -0.3 is 21.1 Å². The molecule has 0 aliphatic heterocycles. The van der Waals surface area contributed by atoms with Crippen molar-refractivity contribution in [2.45, 2.75) is 78.9 Å². The van der Waals surface area contributed by atoms with Crippen LogP contribution in [0.3, 0.4) is 0 Å². The molecule has 6 heteroatoms. The normalized spacial score (nSPS) is 18.4. The van der Waals surface area contributed by atoms with E-state index < -0.39 is 23.3 Å². The SMILES string of the molecule is CCCN(CCC)C(=O)C1=CC(C)=CC(C(N)=O)([C@H](Cc2ccc(C(C)C)cc2)[C@@H](O)CNCc2ccccc2)C1. The van der Waals surface area contributed by atoms with Gasteiger partial charge in [-0.15, -0.1) is 0 Å². The standard InChI is InChI=1S/C35H49N3O3/c1-6-17-38(18-7-2)33(40)30-19-26(5)21-35(22-30,34(36)41)31(20-27-13-15-29(16-14-27)25(3)4)32(39)24-37-23-28-11-9-8-10-12-28/h8-16,19,21,25,31-32,37,39H,6-7,17-18,20,22-24H2,1-5H3,(H2,36,41)/t31-,32+,35?/m1/s1. The van der Waals surface area contributed by atoms with Gasteiger partial charge in [-0.05, 0) is 55.2 Å². The molecule has 0 spiro atoms. The lowest BCUT2D eigenvalue weighted by atomic mass is 9.63. The van der Waals surface area contributed by atoms with Gasteiger partial charge in [-0.1, -0.05) is 100 Å². The maximum atomic E-state index is 13.7. The molecule has 1 unspecified atom stereocenters. The van der Waals surface area contributed by atoms with E-state index in [2.05, 4.69) is 57.3 Å². The minimum Gasteiger partial charge on any atom is -0.391 e. The monoisotopic (exact) mass is 559 g/mol.